The number of carbonyl (C=O) groups excluding carboxylic acids is 4. The van der Waals surface area contributed by atoms with Crippen LogP contribution in [0.1, 0.15) is 93.6 Å². The van der Waals surface area contributed by atoms with Gasteiger partial charge in [0.15, 0.2) is 11.5 Å². The summed E-state index contributed by atoms with van der Waals surface area (Å²) in [7, 11) is 0. The maximum absolute atomic E-state index is 12.7. The smallest absolute Gasteiger partial charge is 0.458 e. The van der Waals surface area contributed by atoms with E-state index >= 15 is 0 Å². The van der Waals surface area contributed by atoms with Crippen LogP contribution in [0.4, 0.5) is 4.79 Å². The molecule has 3 unspecified atom stereocenters. The molecule has 0 aromatic heterocycles. The van der Waals surface area contributed by atoms with Gasteiger partial charge in [-0.15, -0.1) is 0 Å². The van der Waals surface area contributed by atoms with Crippen LogP contribution in [0.2, 0.25) is 0 Å². The Morgan fingerprint density at radius 2 is 1.17 bits per heavy atom. The standard InChI is InChI=1S/C31H49NO9/c1-10-12-19(5)28(33)40-26-15-14-24(17-27(26)41-29(34)20(6)13-11-2)16-25(32)30(35)37-22(8)23(9)39-31(36)38-21(7)18(3)4/h14-15,17-23,25H,10-13,16,32H2,1-9H3/t19?,20?,21?,22-,23-,25-/m0/s1. The minimum Gasteiger partial charge on any atom is -0.458 e. The van der Waals surface area contributed by atoms with Gasteiger partial charge in [-0.1, -0.05) is 60.5 Å². The van der Waals surface area contributed by atoms with Crippen molar-refractivity contribution >= 4 is 24.1 Å². The van der Waals surface area contributed by atoms with Gasteiger partial charge in [0, 0.05) is 0 Å². The molecule has 232 valence electrons. The van der Waals surface area contributed by atoms with Crippen LogP contribution in [0.5, 0.6) is 11.5 Å². The second-order valence-electron chi connectivity index (χ2n) is 11.1. The van der Waals surface area contributed by atoms with Crippen LogP contribution in [0.15, 0.2) is 18.2 Å². The number of esters is 3. The van der Waals surface area contributed by atoms with Gasteiger partial charge in [-0.05, 0) is 63.6 Å². The number of carbonyl (C=O) groups is 4. The molecule has 0 amide bonds. The fraction of sp³-hybridized carbons (Fsp3) is 0.677. The largest absolute Gasteiger partial charge is 0.508 e. The summed E-state index contributed by atoms with van der Waals surface area (Å²) in [6, 6.07) is 3.66. The molecule has 0 saturated carbocycles. The zero-order chi connectivity index (χ0) is 31.3. The Kier molecular flexibility index (Phi) is 15.4. The van der Waals surface area contributed by atoms with Crippen LogP contribution >= 0.6 is 0 Å². The van der Waals surface area contributed by atoms with Gasteiger partial charge in [-0.25, -0.2) is 4.79 Å². The molecule has 0 radical (unpaired) electrons. The third-order valence-corrected chi connectivity index (χ3v) is 6.90. The first kappa shape index (κ1) is 35.9. The number of rotatable bonds is 16. The van der Waals surface area contributed by atoms with Crippen molar-refractivity contribution in [1.29, 1.82) is 0 Å². The molecule has 10 nitrogen and oxygen atoms in total. The molecule has 1 aromatic rings. The molecule has 0 fully saturated rings. The van der Waals surface area contributed by atoms with Gasteiger partial charge in [0.05, 0.1) is 11.8 Å². The molecule has 0 spiro atoms. The highest BCUT2D eigenvalue weighted by molar-refractivity contribution is 5.79. The second-order valence-corrected chi connectivity index (χ2v) is 11.1. The summed E-state index contributed by atoms with van der Waals surface area (Å²) in [5.41, 5.74) is 6.70. The van der Waals surface area contributed by atoms with Crippen molar-refractivity contribution < 1.29 is 42.9 Å². The summed E-state index contributed by atoms with van der Waals surface area (Å²) >= 11 is 0. The van der Waals surface area contributed by atoms with Gasteiger partial charge in [-0.2, -0.15) is 0 Å². The lowest BCUT2D eigenvalue weighted by atomic mass is 10.0. The van der Waals surface area contributed by atoms with E-state index in [2.05, 4.69) is 0 Å². The Balaban J connectivity index is 2.95. The van der Waals surface area contributed by atoms with E-state index in [-0.39, 0.29) is 41.8 Å². The van der Waals surface area contributed by atoms with Crippen LogP contribution < -0.4 is 15.2 Å². The van der Waals surface area contributed by atoms with Crippen LogP contribution in [0.25, 0.3) is 0 Å². The first-order valence-corrected chi connectivity index (χ1v) is 14.6. The lowest BCUT2D eigenvalue weighted by Gasteiger charge is -2.23. The summed E-state index contributed by atoms with van der Waals surface area (Å²) in [4.78, 5) is 49.9. The van der Waals surface area contributed by atoms with Crippen molar-refractivity contribution in [3.05, 3.63) is 23.8 Å². The van der Waals surface area contributed by atoms with Gasteiger partial charge >= 0.3 is 24.1 Å². The molecule has 0 aliphatic heterocycles. The van der Waals surface area contributed by atoms with E-state index in [1.54, 1.807) is 40.7 Å². The summed E-state index contributed by atoms with van der Waals surface area (Å²) < 4.78 is 27.0. The summed E-state index contributed by atoms with van der Waals surface area (Å²) in [5.74, 6) is -1.91. The molecule has 6 atom stereocenters. The molecular formula is C31H49NO9. The molecule has 2 N–H and O–H groups in total. The zero-order valence-corrected chi connectivity index (χ0v) is 26.1. The predicted molar refractivity (Wildman–Crippen MR) is 154 cm³/mol. The Labute approximate surface area is 244 Å². The molecule has 10 heteroatoms. The number of benzene rings is 1. The van der Waals surface area contributed by atoms with E-state index in [0.717, 1.165) is 12.8 Å². The van der Waals surface area contributed by atoms with Crippen molar-refractivity contribution in [3.63, 3.8) is 0 Å². The fourth-order valence-corrected chi connectivity index (χ4v) is 3.63. The lowest BCUT2D eigenvalue weighted by Crippen LogP contribution is -2.39. The first-order chi connectivity index (χ1) is 19.2. The first-order valence-electron chi connectivity index (χ1n) is 14.6. The van der Waals surface area contributed by atoms with Crippen LogP contribution in [-0.2, 0) is 35.0 Å². The zero-order valence-electron chi connectivity index (χ0n) is 26.1. The average molecular weight is 580 g/mol. The van der Waals surface area contributed by atoms with E-state index in [9.17, 15) is 19.2 Å². The molecule has 0 saturated heterocycles. The van der Waals surface area contributed by atoms with Gasteiger partial charge < -0.3 is 29.4 Å². The number of hydrogen-bond acceptors (Lipinski definition) is 10. The highest BCUT2D eigenvalue weighted by Gasteiger charge is 2.27. The molecule has 0 heterocycles. The van der Waals surface area contributed by atoms with Crippen LogP contribution in [-0.4, -0.2) is 48.4 Å². The monoisotopic (exact) mass is 579 g/mol. The highest BCUT2D eigenvalue weighted by atomic mass is 16.7. The molecule has 0 aliphatic carbocycles. The van der Waals surface area contributed by atoms with E-state index in [4.69, 9.17) is 29.4 Å². The summed E-state index contributed by atoms with van der Waals surface area (Å²) in [6.07, 6.45) is 0.292. The van der Waals surface area contributed by atoms with Crippen molar-refractivity contribution in [3.8, 4) is 11.5 Å². The Hall–Kier alpha value is -3.14. The molecular weight excluding hydrogens is 530 g/mol. The fourth-order valence-electron chi connectivity index (χ4n) is 3.63. The molecule has 41 heavy (non-hydrogen) atoms. The van der Waals surface area contributed by atoms with Gasteiger partial charge in [0.25, 0.3) is 0 Å². The van der Waals surface area contributed by atoms with Crippen molar-refractivity contribution in [2.24, 2.45) is 23.5 Å². The van der Waals surface area contributed by atoms with Gasteiger partial charge in [-0.3, -0.25) is 14.4 Å². The maximum Gasteiger partial charge on any atom is 0.508 e. The summed E-state index contributed by atoms with van der Waals surface area (Å²) in [5, 5.41) is 0. The molecule has 0 bridgehead atoms. The topological polar surface area (TPSA) is 140 Å². The van der Waals surface area contributed by atoms with Gasteiger partial charge in [0.1, 0.15) is 24.4 Å². The number of ether oxygens (including phenoxy) is 5. The molecule has 1 aromatic carbocycles. The van der Waals surface area contributed by atoms with Crippen molar-refractivity contribution in [1.82, 2.24) is 0 Å². The van der Waals surface area contributed by atoms with Gasteiger partial charge in [0.2, 0.25) is 0 Å². The summed E-state index contributed by atoms with van der Waals surface area (Å²) in [6.45, 7) is 16.3. The third kappa shape index (κ3) is 12.5. The number of nitrogens with two attached hydrogens (primary N) is 1. The highest BCUT2D eigenvalue weighted by Crippen LogP contribution is 2.31. The van der Waals surface area contributed by atoms with Crippen molar-refractivity contribution in [2.75, 3.05) is 0 Å². The normalized spacial score (nSPS) is 15.6. The van der Waals surface area contributed by atoms with Crippen LogP contribution in [0.3, 0.4) is 0 Å². The van der Waals surface area contributed by atoms with E-state index in [1.807, 2.05) is 27.7 Å². The molecule has 1 rings (SSSR count). The van der Waals surface area contributed by atoms with E-state index in [0.29, 0.717) is 18.4 Å². The third-order valence-electron chi connectivity index (χ3n) is 6.90. The number of hydrogen-bond donors (Lipinski definition) is 1. The van der Waals surface area contributed by atoms with E-state index in [1.165, 1.54) is 12.1 Å². The SMILES string of the molecule is CCCC(C)C(=O)Oc1ccc(C[C@H](N)C(=O)O[C@@H](C)[C@H](C)OC(=O)OC(C)C(C)C)cc1OC(=O)C(C)CCC. The minimum absolute atomic E-state index is 0.0598. The molecule has 0 aliphatic rings. The lowest BCUT2D eigenvalue weighted by molar-refractivity contribution is -0.156. The maximum atomic E-state index is 12.7. The minimum atomic E-state index is -1.06. The van der Waals surface area contributed by atoms with Crippen LogP contribution in [0, 0.1) is 17.8 Å². The Morgan fingerprint density at radius 1 is 0.683 bits per heavy atom. The second kappa shape index (κ2) is 17.6. The van der Waals surface area contributed by atoms with Crippen molar-refractivity contribution in [2.45, 2.75) is 119 Å². The average Bonchev–Trinajstić information content (AvgIpc) is 2.89. The van der Waals surface area contributed by atoms with E-state index < -0.39 is 42.3 Å². The Bertz CT molecular complexity index is 1010. The predicted octanol–water partition coefficient (Wildman–Crippen LogP) is 5.76. The quantitative estimate of drug-likeness (QED) is 0.190. The Morgan fingerprint density at radius 3 is 1.68 bits per heavy atom.